The van der Waals surface area contributed by atoms with E-state index < -0.39 is 16.0 Å². The number of aromatic nitrogens is 1. The summed E-state index contributed by atoms with van der Waals surface area (Å²) < 4.78 is 29.8. The summed E-state index contributed by atoms with van der Waals surface area (Å²) in [6, 6.07) is 9.95. The molecule has 1 heterocycles. The number of carbonyl (C=O) groups is 1. The number of sulfonamides is 1. The molecule has 22 heavy (non-hydrogen) atoms. The number of hydrogen-bond acceptors (Lipinski definition) is 5. The Labute approximate surface area is 129 Å². The molecule has 116 valence electrons. The van der Waals surface area contributed by atoms with Crippen molar-refractivity contribution in [3.8, 4) is 0 Å². The number of pyridine rings is 1. The number of nitrogens with zero attached hydrogens (tertiary/aromatic N) is 2. The van der Waals surface area contributed by atoms with Gasteiger partial charge in [-0.3, -0.25) is 9.29 Å². The van der Waals surface area contributed by atoms with Crippen LogP contribution in [0.1, 0.15) is 15.9 Å². The van der Waals surface area contributed by atoms with E-state index in [0.717, 1.165) is 11.8 Å². The number of methoxy groups -OCH3 is 1. The number of hydrogen-bond donors (Lipinski definition) is 0. The summed E-state index contributed by atoms with van der Waals surface area (Å²) in [6.07, 6.45) is 4.21. The lowest BCUT2D eigenvalue weighted by molar-refractivity contribution is 0.0600. The summed E-state index contributed by atoms with van der Waals surface area (Å²) >= 11 is 0. The van der Waals surface area contributed by atoms with E-state index in [2.05, 4.69) is 9.72 Å². The number of ether oxygens (including phenoxy) is 1. The lowest BCUT2D eigenvalue weighted by Gasteiger charge is -2.22. The molecule has 0 unspecified atom stereocenters. The number of benzene rings is 1. The van der Waals surface area contributed by atoms with Crippen LogP contribution in [0.3, 0.4) is 0 Å². The second-order valence-corrected chi connectivity index (χ2v) is 6.58. The normalized spacial score (nSPS) is 11.0. The Balaban J connectivity index is 2.27. The van der Waals surface area contributed by atoms with Gasteiger partial charge in [0.2, 0.25) is 10.0 Å². The van der Waals surface area contributed by atoms with Gasteiger partial charge in [-0.05, 0) is 29.8 Å². The number of carbonyl (C=O) groups excluding carboxylic acids is 1. The Morgan fingerprint density at radius 3 is 2.41 bits per heavy atom. The highest BCUT2D eigenvalue weighted by Crippen LogP contribution is 2.19. The van der Waals surface area contributed by atoms with E-state index >= 15 is 0 Å². The molecule has 0 aliphatic rings. The molecule has 0 bridgehead atoms. The van der Waals surface area contributed by atoms with Gasteiger partial charge in [0, 0.05) is 6.20 Å². The van der Waals surface area contributed by atoms with Crippen LogP contribution in [0, 0.1) is 0 Å². The van der Waals surface area contributed by atoms with Crippen molar-refractivity contribution in [2.75, 3.05) is 17.7 Å². The minimum Gasteiger partial charge on any atom is -0.465 e. The molecule has 0 spiro atoms. The average Bonchev–Trinajstić information content (AvgIpc) is 2.52. The van der Waals surface area contributed by atoms with Gasteiger partial charge in [-0.25, -0.2) is 13.2 Å². The minimum absolute atomic E-state index is 0.159. The third-order valence-corrected chi connectivity index (χ3v) is 4.18. The fourth-order valence-electron chi connectivity index (χ4n) is 1.93. The zero-order valence-electron chi connectivity index (χ0n) is 12.3. The van der Waals surface area contributed by atoms with Crippen molar-refractivity contribution >= 4 is 21.7 Å². The highest BCUT2D eigenvalue weighted by molar-refractivity contribution is 7.92. The van der Waals surface area contributed by atoms with Crippen LogP contribution in [0.25, 0.3) is 0 Å². The Morgan fingerprint density at radius 2 is 1.91 bits per heavy atom. The van der Waals surface area contributed by atoms with Crippen molar-refractivity contribution in [3.63, 3.8) is 0 Å². The molecule has 0 N–H and O–H groups in total. The predicted molar refractivity (Wildman–Crippen MR) is 83.0 cm³/mol. The lowest BCUT2D eigenvalue weighted by Crippen LogP contribution is -2.29. The first-order chi connectivity index (χ1) is 10.4. The molecule has 0 atom stereocenters. The molecule has 1 aromatic carbocycles. The van der Waals surface area contributed by atoms with Crippen LogP contribution < -0.4 is 4.31 Å². The highest BCUT2D eigenvalue weighted by Gasteiger charge is 2.18. The van der Waals surface area contributed by atoms with Crippen molar-refractivity contribution < 1.29 is 17.9 Å². The molecule has 0 saturated carbocycles. The molecule has 0 fully saturated rings. The Kier molecular flexibility index (Phi) is 4.77. The molecule has 1 aromatic heterocycles. The fourth-order valence-corrected chi connectivity index (χ4v) is 2.81. The number of anilines is 1. The molecular formula is C15H16N2O4S. The SMILES string of the molecule is COC(=O)c1ccc(CN(c2cccnc2)S(C)(=O)=O)cc1. The summed E-state index contributed by atoms with van der Waals surface area (Å²) in [5.41, 5.74) is 1.66. The smallest absolute Gasteiger partial charge is 0.337 e. The monoisotopic (exact) mass is 320 g/mol. The molecule has 0 radical (unpaired) electrons. The Bertz CT molecular complexity index is 743. The summed E-state index contributed by atoms with van der Waals surface area (Å²) in [4.78, 5) is 15.3. The maximum Gasteiger partial charge on any atom is 0.337 e. The first-order valence-electron chi connectivity index (χ1n) is 6.47. The quantitative estimate of drug-likeness (QED) is 0.786. The van der Waals surface area contributed by atoms with E-state index in [9.17, 15) is 13.2 Å². The van der Waals surface area contributed by atoms with Crippen LogP contribution in [-0.2, 0) is 21.3 Å². The first-order valence-corrected chi connectivity index (χ1v) is 8.31. The highest BCUT2D eigenvalue weighted by atomic mass is 32.2. The van der Waals surface area contributed by atoms with Crippen molar-refractivity contribution in [2.24, 2.45) is 0 Å². The van der Waals surface area contributed by atoms with Gasteiger partial charge in [0.05, 0.1) is 37.4 Å². The van der Waals surface area contributed by atoms with Gasteiger partial charge in [-0.2, -0.15) is 0 Å². The van der Waals surface area contributed by atoms with Crippen molar-refractivity contribution in [2.45, 2.75) is 6.54 Å². The second kappa shape index (κ2) is 6.57. The number of esters is 1. The average molecular weight is 320 g/mol. The predicted octanol–water partition coefficient (Wildman–Crippen LogP) is 1.83. The van der Waals surface area contributed by atoms with Gasteiger partial charge in [-0.15, -0.1) is 0 Å². The van der Waals surface area contributed by atoms with Gasteiger partial charge in [0.15, 0.2) is 0 Å². The van der Waals surface area contributed by atoms with Crippen LogP contribution in [0.2, 0.25) is 0 Å². The molecule has 6 nitrogen and oxygen atoms in total. The summed E-state index contributed by atoms with van der Waals surface area (Å²) in [7, 11) is -2.14. The van der Waals surface area contributed by atoms with Gasteiger partial charge in [0.1, 0.15) is 0 Å². The van der Waals surface area contributed by atoms with Crippen LogP contribution >= 0.6 is 0 Å². The zero-order valence-corrected chi connectivity index (χ0v) is 13.1. The second-order valence-electron chi connectivity index (χ2n) is 4.67. The van der Waals surface area contributed by atoms with Crippen molar-refractivity contribution in [1.82, 2.24) is 4.98 Å². The Morgan fingerprint density at radius 1 is 1.23 bits per heavy atom. The molecule has 0 amide bonds. The zero-order chi connectivity index (χ0) is 16.2. The third-order valence-electron chi connectivity index (χ3n) is 3.04. The van der Waals surface area contributed by atoms with Gasteiger partial charge in [-0.1, -0.05) is 12.1 Å². The molecule has 7 heteroatoms. The number of rotatable bonds is 5. The molecular weight excluding hydrogens is 304 g/mol. The molecule has 0 aliphatic carbocycles. The third kappa shape index (κ3) is 3.82. The summed E-state index contributed by atoms with van der Waals surface area (Å²) in [6.45, 7) is 0.159. The summed E-state index contributed by atoms with van der Waals surface area (Å²) in [5.74, 6) is -0.432. The van der Waals surface area contributed by atoms with E-state index in [4.69, 9.17) is 0 Å². The molecule has 2 aromatic rings. The first kappa shape index (κ1) is 16.0. The largest absolute Gasteiger partial charge is 0.465 e. The maximum atomic E-state index is 12.0. The molecule has 2 rings (SSSR count). The Hall–Kier alpha value is -2.41. The lowest BCUT2D eigenvalue weighted by atomic mass is 10.1. The summed E-state index contributed by atoms with van der Waals surface area (Å²) in [5, 5.41) is 0. The van der Waals surface area contributed by atoms with E-state index in [0.29, 0.717) is 11.3 Å². The fraction of sp³-hybridized carbons (Fsp3) is 0.200. The van der Waals surface area contributed by atoms with E-state index in [-0.39, 0.29) is 6.54 Å². The van der Waals surface area contributed by atoms with Crippen LogP contribution in [0.5, 0.6) is 0 Å². The van der Waals surface area contributed by atoms with Crippen molar-refractivity contribution in [1.29, 1.82) is 0 Å². The molecule has 0 saturated heterocycles. The van der Waals surface area contributed by atoms with E-state index in [1.165, 1.54) is 17.6 Å². The topological polar surface area (TPSA) is 76.6 Å². The van der Waals surface area contributed by atoms with Gasteiger partial charge in [0.25, 0.3) is 0 Å². The van der Waals surface area contributed by atoms with Crippen LogP contribution in [-0.4, -0.2) is 32.7 Å². The minimum atomic E-state index is -3.45. The maximum absolute atomic E-state index is 12.0. The van der Waals surface area contributed by atoms with E-state index in [1.807, 2.05) is 0 Å². The van der Waals surface area contributed by atoms with E-state index in [1.54, 1.807) is 42.6 Å². The van der Waals surface area contributed by atoms with Crippen LogP contribution in [0.4, 0.5) is 5.69 Å². The standard InChI is InChI=1S/C15H16N2O4S/c1-21-15(18)13-7-5-12(6-8-13)11-17(22(2,19)20)14-4-3-9-16-10-14/h3-10H,11H2,1-2H3. The molecule has 0 aliphatic heterocycles. The van der Waals surface area contributed by atoms with Crippen molar-refractivity contribution in [3.05, 3.63) is 59.9 Å². The van der Waals surface area contributed by atoms with Crippen LogP contribution in [0.15, 0.2) is 48.8 Å². The van der Waals surface area contributed by atoms with Gasteiger partial charge < -0.3 is 4.74 Å². The van der Waals surface area contributed by atoms with Gasteiger partial charge >= 0.3 is 5.97 Å².